The molecule has 0 amide bonds. The molecule has 0 atom stereocenters. The van der Waals surface area contributed by atoms with Gasteiger partial charge in [-0.05, 0) is 31.0 Å². The highest BCUT2D eigenvalue weighted by Gasteiger charge is 2.16. The van der Waals surface area contributed by atoms with E-state index in [1.165, 1.54) is 0 Å². The molecule has 0 saturated carbocycles. The van der Waals surface area contributed by atoms with Crippen LogP contribution >= 0.6 is 0 Å². The Kier molecular flexibility index (Phi) is 2.29. The van der Waals surface area contributed by atoms with Gasteiger partial charge in [-0.15, -0.1) is 0 Å². The molecule has 0 spiro atoms. The SMILES string of the molecule is C1=CCC(n2nccc2-c2cccnc2)C1. The van der Waals surface area contributed by atoms with Gasteiger partial charge in [-0.2, -0.15) is 5.10 Å². The van der Waals surface area contributed by atoms with E-state index < -0.39 is 0 Å². The lowest BCUT2D eigenvalue weighted by Gasteiger charge is -2.14. The molecule has 1 aliphatic rings. The van der Waals surface area contributed by atoms with E-state index in [-0.39, 0.29) is 0 Å². The van der Waals surface area contributed by atoms with Crippen LogP contribution in [0, 0.1) is 0 Å². The van der Waals surface area contributed by atoms with Gasteiger partial charge in [-0.3, -0.25) is 9.67 Å². The maximum atomic E-state index is 4.42. The van der Waals surface area contributed by atoms with Crippen LogP contribution in [0.3, 0.4) is 0 Å². The second-order valence-electron chi connectivity index (χ2n) is 4.00. The van der Waals surface area contributed by atoms with E-state index in [2.05, 4.69) is 39.0 Å². The molecule has 16 heavy (non-hydrogen) atoms. The summed E-state index contributed by atoms with van der Waals surface area (Å²) in [7, 11) is 0. The van der Waals surface area contributed by atoms with Gasteiger partial charge in [0.05, 0.1) is 11.7 Å². The minimum absolute atomic E-state index is 0.477. The number of nitrogens with zero attached hydrogens (tertiary/aromatic N) is 3. The normalized spacial score (nSPS) is 15.8. The lowest BCUT2D eigenvalue weighted by Crippen LogP contribution is -2.08. The van der Waals surface area contributed by atoms with Crippen LogP contribution in [0.5, 0.6) is 0 Å². The summed E-state index contributed by atoms with van der Waals surface area (Å²) in [5, 5.41) is 4.42. The van der Waals surface area contributed by atoms with Crippen molar-refractivity contribution in [1.82, 2.24) is 14.8 Å². The largest absolute Gasteiger partial charge is 0.264 e. The summed E-state index contributed by atoms with van der Waals surface area (Å²) in [5.41, 5.74) is 2.29. The van der Waals surface area contributed by atoms with Crippen molar-refractivity contribution in [3.8, 4) is 11.3 Å². The minimum Gasteiger partial charge on any atom is -0.264 e. The van der Waals surface area contributed by atoms with Crippen molar-refractivity contribution in [3.63, 3.8) is 0 Å². The molecule has 0 N–H and O–H groups in total. The molecule has 3 nitrogen and oxygen atoms in total. The molecule has 3 heteroatoms. The Balaban J connectivity index is 1.99. The number of hydrogen-bond acceptors (Lipinski definition) is 2. The van der Waals surface area contributed by atoms with Crippen LogP contribution in [0.4, 0.5) is 0 Å². The minimum atomic E-state index is 0.477. The van der Waals surface area contributed by atoms with Gasteiger partial charge in [0.2, 0.25) is 0 Å². The molecule has 80 valence electrons. The van der Waals surface area contributed by atoms with E-state index in [4.69, 9.17) is 0 Å². The fourth-order valence-corrected chi connectivity index (χ4v) is 2.15. The zero-order valence-electron chi connectivity index (χ0n) is 8.95. The van der Waals surface area contributed by atoms with Crippen molar-refractivity contribution in [3.05, 3.63) is 48.9 Å². The Labute approximate surface area is 94.4 Å². The van der Waals surface area contributed by atoms with Crippen LogP contribution in [0.1, 0.15) is 18.9 Å². The Bertz CT molecular complexity index is 491. The van der Waals surface area contributed by atoms with Gasteiger partial charge >= 0.3 is 0 Å². The third kappa shape index (κ3) is 1.54. The molecule has 0 saturated heterocycles. The van der Waals surface area contributed by atoms with Crippen molar-refractivity contribution in [2.75, 3.05) is 0 Å². The molecule has 0 unspecified atom stereocenters. The second kappa shape index (κ2) is 3.93. The predicted molar refractivity (Wildman–Crippen MR) is 62.9 cm³/mol. The van der Waals surface area contributed by atoms with Gasteiger partial charge in [0.1, 0.15) is 0 Å². The highest BCUT2D eigenvalue weighted by atomic mass is 15.3. The quantitative estimate of drug-likeness (QED) is 0.715. The molecule has 0 aliphatic heterocycles. The van der Waals surface area contributed by atoms with E-state index >= 15 is 0 Å². The smallest absolute Gasteiger partial charge is 0.0701 e. The van der Waals surface area contributed by atoms with Gasteiger partial charge in [-0.25, -0.2) is 0 Å². The Hall–Kier alpha value is -1.90. The van der Waals surface area contributed by atoms with E-state index in [1.807, 2.05) is 18.5 Å². The first-order valence-electron chi connectivity index (χ1n) is 5.54. The molecule has 0 fully saturated rings. The zero-order chi connectivity index (χ0) is 10.8. The van der Waals surface area contributed by atoms with Crippen molar-refractivity contribution in [1.29, 1.82) is 0 Å². The zero-order valence-corrected chi connectivity index (χ0v) is 8.95. The number of pyridine rings is 1. The maximum absolute atomic E-state index is 4.42. The van der Waals surface area contributed by atoms with Crippen LogP contribution < -0.4 is 0 Å². The van der Waals surface area contributed by atoms with Crippen LogP contribution in [-0.2, 0) is 0 Å². The molecule has 0 aromatic carbocycles. The highest BCUT2D eigenvalue weighted by molar-refractivity contribution is 5.57. The molecular formula is C13H13N3. The lowest BCUT2D eigenvalue weighted by atomic mass is 10.2. The first-order valence-corrected chi connectivity index (χ1v) is 5.54. The van der Waals surface area contributed by atoms with Crippen molar-refractivity contribution in [2.24, 2.45) is 0 Å². The van der Waals surface area contributed by atoms with Crippen LogP contribution in [0.2, 0.25) is 0 Å². The number of aromatic nitrogens is 3. The third-order valence-electron chi connectivity index (χ3n) is 2.96. The summed E-state index contributed by atoms with van der Waals surface area (Å²) in [6.07, 6.45) is 12.1. The summed E-state index contributed by atoms with van der Waals surface area (Å²) in [6, 6.07) is 6.56. The molecule has 2 aromatic rings. The topological polar surface area (TPSA) is 30.7 Å². The fourth-order valence-electron chi connectivity index (χ4n) is 2.15. The Morgan fingerprint density at radius 1 is 1.12 bits per heavy atom. The third-order valence-corrected chi connectivity index (χ3v) is 2.96. The van der Waals surface area contributed by atoms with Crippen LogP contribution in [0.25, 0.3) is 11.3 Å². The van der Waals surface area contributed by atoms with Crippen LogP contribution in [0.15, 0.2) is 48.9 Å². The Morgan fingerprint density at radius 3 is 2.75 bits per heavy atom. The first kappa shape index (κ1) is 9.33. The number of hydrogen-bond donors (Lipinski definition) is 0. The fraction of sp³-hybridized carbons (Fsp3) is 0.231. The lowest BCUT2D eigenvalue weighted by molar-refractivity contribution is 0.486. The molecule has 0 radical (unpaired) electrons. The van der Waals surface area contributed by atoms with Crippen molar-refractivity contribution >= 4 is 0 Å². The van der Waals surface area contributed by atoms with E-state index in [1.54, 1.807) is 6.20 Å². The van der Waals surface area contributed by atoms with Gasteiger partial charge < -0.3 is 0 Å². The average Bonchev–Trinajstić information content (AvgIpc) is 3.01. The summed E-state index contributed by atoms with van der Waals surface area (Å²) >= 11 is 0. The van der Waals surface area contributed by atoms with Crippen LogP contribution in [-0.4, -0.2) is 14.8 Å². The molecule has 0 bridgehead atoms. The summed E-state index contributed by atoms with van der Waals surface area (Å²) < 4.78 is 2.11. The summed E-state index contributed by atoms with van der Waals surface area (Å²) in [6.45, 7) is 0. The molecule has 2 aromatic heterocycles. The second-order valence-corrected chi connectivity index (χ2v) is 4.00. The summed E-state index contributed by atoms with van der Waals surface area (Å²) in [4.78, 5) is 4.15. The standard InChI is InChI=1S/C13H13N3/c1-2-6-12(5-1)16-13(7-9-15-16)11-4-3-8-14-10-11/h1-4,7-10,12H,5-6H2. The number of rotatable bonds is 2. The first-order chi connectivity index (χ1) is 7.95. The predicted octanol–water partition coefficient (Wildman–Crippen LogP) is 2.84. The monoisotopic (exact) mass is 211 g/mol. The number of allylic oxidation sites excluding steroid dienone is 2. The van der Waals surface area contributed by atoms with Gasteiger partial charge in [-0.1, -0.05) is 12.2 Å². The average molecular weight is 211 g/mol. The molecular weight excluding hydrogens is 198 g/mol. The van der Waals surface area contributed by atoms with E-state index in [0.717, 1.165) is 24.1 Å². The van der Waals surface area contributed by atoms with Gasteiger partial charge in [0, 0.05) is 24.2 Å². The van der Waals surface area contributed by atoms with E-state index in [9.17, 15) is 0 Å². The maximum Gasteiger partial charge on any atom is 0.0701 e. The molecule has 3 rings (SSSR count). The Morgan fingerprint density at radius 2 is 2.00 bits per heavy atom. The van der Waals surface area contributed by atoms with E-state index in [0.29, 0.717) is 6.04 Å². The molecule has 2 heterocycles. The van der Waals surface area contributed by atoms with Gasteiger partial charge in [0.25, 0.3) is 0 Å². The van der Waals surface area contributed by atoms with Gasteiger partial charge in [0.15, 0.2) is 0 Å². The summed E-state index contributed by atoms with van der Waals surface area (Å²) in [5.74, 6) is 0. The highest BCUT2D eigenvalue weighted by Crippen LogP contribution is 2.28. The van der Waals surface area contributed by atoms with Crippen molar-refractivity contribution < 1.29 is 0 Å². The molecule has 1 aliphatic carbocycles. The van der Waals surface area contributed by atoms with Crippen molar-refractivity contribution in [2.45, 2.75) is 18.9 Å².